The molecular weight excluding hydrogens is 320 g/mol. The van der Waals surface area contributed by atoms with Crippen molar-refractivity contribution >= 4 is 29.3 Å². The van der Waals surface area contributed by atoms with Gasteiger partial charge in [0.1, 0.15) is 0 Å². The highest BCUT2D eigenvalue weighted by atomic mass is 16.7. The minimum Gasteiger partial charge on any atom is -0.454 e. The first-order chi connectivity index (χ1) is 12.0. The third-order valence-corrected chi connectivity index (χ3v) is 3.82. The van der Waals surface area contributed by atoms with Crippen LogP contribution in [0.5, 0.6) is 11.5 Å². The number of carbonyl (C=O) groups excluding carboxylic acids is 2. The fourth-order valence-electron chi connectivity index (χ4n) is 2.32. The summed E-state index contributed by atoms with van der Waals surface area (Å²) in [4.78, 5) is 24.9. The number of nitrogens with zero attached hydrogens (tertiary/aromatic N) is 1. The van der Waals surface area contributed by atoms with E-state index < -0.39 is 0 Å². The molecule has 0 atom stereocenters. The van der Waals surface area contributed by atoms with Crippen molar-refractivity contribution in [2.75, 3.05) is 24.1 Å². The van der Waals surface area contributed by atoms with E-state index in [9.17, 15) is 9.59 Å². The SMILES string of the molecule is CC(=O)N(C)c1ccc(NC(=O)C=Cc2ccc3c(c2)OCO3)cc1. The molecule has 0 aromatic heterocycles. The fourth-order valence-corrected chi connectivity index (χ4v) is 2.32. The lowest BCUT2D eigenvalue weighted by Gasteiger charge is -2.15. The number of hydrogen-bond donors (Lipinski definition) is 1. The monoisotopic (exact) mass is 338 g/mol. The molecule has 0 bridgehead atoms. The van der Waals surface area contributed by atoms with Crippen molar-refractivity contribution in [2.24, 2.45) is 0 Å². The first-order valence-corrected chi connectivity index (χ1v) is 7.76. The van der Waals surface area contributed by atoms with Crippen molar-refractivity contribution < 1.29 is 19.1 Å². The molecule has 0 aliphatic carbocycles. The molecular formula is C19H18N2O4. The lowest BCUT2D eigenvalue weighted by Crippen LogP contribution is -2.22. The fraction of sp³-hybridized carbons (Fsp3) is 0.158. The molecule has 0 saturated carbocycles. The van der Waals surface area contributed by atoms with Crippen LogP contribution < -0.4 is 19.7 Å². The van der Waals surface area contributed by atoms with E-state index in [4.69, 9.17) is 9.47 Å². The number of ether oxygens (including phenoxy) is 2. The lowest BCUT2D eigenvalue weighted by molar-refractivity contribution is -0.116. The second-order valence-corrected chi connectivity index (χ2v) is 5.56. The van der Waals surface area contributed by atoms with Crippen molar-refractivity contribution in [3.8, 4) is 11.5 Å². The second-order valence-electron chi connectivity index (χ2n) is 5.56. The molecule has 0 radical (unpaired) electrons. The maximum Gasteiger partial charge on any atom is 0.248 e. The predicted molar refractivity (Wildman–Crippen MR) is 95.8 cm³/mol. The normalized spacial score (nSPS) is 12.2. The van der Waals surface area contributed by atoms with Gasteiger partial charge in [0.15, 0.2) is 11.5 Å². The Balaban J connectivity index is 1.61. The molecule has 2 aromatic carbocycles. The Hall–Kier alpha value is -3.28. The lowest BCUT2D eigenvalue weighted by atomic mass is 10.2. The van der Waals surface area contributed by atoms with E-state index in [1.54, 1.807) is 37.4 Å². The van der Waals surface area contributed by atoms with E-state index in [1.807, 2.05) is 18.2 Å². The average Bonchev–Trinajstić information content (AvgIpc) is 3.07. The summed E-state index contributed by atoms with van der Waals surface area (Å²) in [5.74, 6) is 1.08. The van der Waals surface area contributed by atoms with Crippen LogP contribution in [-0.4, -0.2) is 25.7 Å². The Morgan fingerprint density at radius 3 is 2.52 bits per heavy atom. The van der Waals surface area contributed by atoms with Gasteiger partial charge in [-0.25, -0.2) is 0 Å². The first-order valence-electron chi connectivity index (χ1n) is 7.76. The number of anilines is 2. The topological polar surface area (TPSA) is 67.9 Å². The van der Waals surface area contributed by atoms with Gasteiger partial charge < -0.3 is 19.7 Å². The summed E-state index contributed by atoms with van der Waals surface area (Å²) in [6, 6.07) is 12.5. The van der Waals surface area contributed by atoms with Gasteiger partial charge >= 0.3 is 0 Å². The number of carbonyl (C=O) groups is 2. The zero-order valence-electron chi connectivity index (χ0n) is 14.0. The van der Waals surface area contributed by atoms with Gasteiger partial charge in [-0.15, -0.1) is 0 Å². The van der Waals surface area contributed by atoms with Crippen LogP contribution in [0, 0.1) is 0 Å². The summed E-state index contributed by atoms with van der Waals surface area (Å²) in [5.41, 5.74) is 2.26. The quantitative estimate of drug-likeness (QED) is 0.870. The van der Waals surface area contributed by atoms with Gasteiger partial charge in [-0.1, -0.05) is 6.07 Å². The molecule has 1 N–H and O–H groups in total. The van der Waals surface area contributed by atoms with Gasteiger partial charge in [-0.3, -0.25) is 9.59 Å². The Kier molecular flexibility index (Phi) is 4.70. The Labute approximate surface area is 145 Å². The van der Waals surface area contributed by atoms with Crippen molar-refractivity contribution in [3.63, 3.8) is 0 Å². The Morgan fingerprint density at radius 2 is 1.80 bits per heavy atom. The van der Waals surface area contributed by atoms with Crippen LogP contribution in [0.2, 0.25) is 0 Å². The summed E-state index contributed by atoms with van der Waals surface area (Å²) in [5, 5.41) is 2.77. The van der Waals surface area contributed by atoms with Gasteiger partial charge in [0.05, 0.1) is 0 Å². The van der Waals surface area contributed by atoms with Crippen LogP contribution in [0.15, 0.2) is 48.5 Å². The van der Waals surface area contributed by atoms with Gasteiger partial charge in [0.2, 0.25) is 18.6 Å². The van der Waals surface area contributed by atoms with Crippen molar-refractivity contribution in [3.05, 3.63) is 54.1 Å². The number of amides is 2. The maximum absolute atomic E-state index is 12.0. The van der Waals surface area contributed by atoms with Gasteiger partial charge in [0.25, 0.3) is 0 Å². The molecule has 3 rings (SSSR count). The molecule has 6 heteroatoms. The predicted octanol–water partition coefficient (Wildman–Crippen LogP) is 3.05. The van der Waals surface area contributed by atoms with E-state index >= 15 is 0 Å². The van der Waals surface area contributed by atoms with Crippen molar-refractivity contribution in [1.82, 2.24) is 0 Å². The van der Waals surface area contributed by atoms with E-state index in [-0.39, 0.29) is 18.6 Å². The maximum atomic E-state index is 12.0. The molecule has 2 amide bonds. The molecule has 0 fully saturated rings. The molecule has 1 aliphatic rings. The Bertz CT molecular complexity index is 828. The molecule has 2 aromatic rings. The molecule has 0 spiro atoms. The van der Waals surface area contributed by atoms with Gasteiger partial charge in [0, 0.05) is 31.4 Å². The van der Waals surface area contributed by atoms with Gasteiger partial charge in [-0.2, -0.15) is 0 Å². The molecule has 1 heterocycles. The molecule has 25 heavy (non-hydrogen) atoms. The van der Waals surface area contributed by atoms with E-state index in [0.717, 1.165) is 11.3 Å². The van der Waals surface area contributed by atoms with Crippen LogP contribution in [0.3, 0.4) is 0 Å². The zero-order chi connectivity index (χ0) is 17.8. The van der Waals surface area contributed by atoms with Crippen LogP contribution in [0.4, 0.5) is 11.4 Å². The molecule has 6 nitrogen and oxygen atoms in total. The minimum absolute atomic E-state index is 0.0524. The van der Waals surface area contributed by atoms with Crippen LogP contribution in [0.1, 0.15) is 12.5 Å². The third kappa shape index (κ3) is 3.98. The smallest absolute Gasteiger partial charge is 0.248 e. The summed E-state index contributed by atoms with van der Waals surface area (Å²) in [7, 11) is 1.70. The number of nitrogens with one attached hydrogen (secondary N) is 1. The minimum atomic E-state index is -0.245. The summed E-state index contributed by atoms with van der Waals surface area (Å²) in [6.45, 7) is 1.72. The highest BCUT2D eigenvalue weighted by Gasteiger charge is 2.12. The molecule has 0 saturated heterocycles. The van der Waals surface area contributed by atoms with E-state index in [0.29, 0.717) is 17.2 Å². The molecule has 128 valence electrons. The highest BCUT2D eigenvalue weighted by molar-refractivity contribution is 6.02. The highest BCUT2D eigenvalue weighted by Crippen LogP contribution is 2.32. The number of fused-ring (bicyclic) bond motifs is 1. The Morgan fingerprint density at radius 1 is 1.08 bits per heavy atom. The molecule has 1 aliphatic heterocycles. The van der Waals surface area contributed by atoms with Crippen LogP contribution in [-0.2, 0) is 9.59 Å². The second kappa shape index (κ2) is 7.09. The van der Waals surface area contributed by atoms with E-state index in [2.05, 4.69) is 5.32 Å². The summed E-state index contributed by atoms with van der Waals surface area (Å²) < 4.78 is 10.6. The third-order valence-electron chi connectivity index (χ3n) is 3.82. The number of rotatable bonds is 4. The van der Waals surface area contributed by atoms with Crippen molar-refractivity contribution in [2.45, 2.75) is 6.92 Å². The largest absolute Gasteiger partial charge is 0.454 e. The summed E-state index contributed by atoms with van der Waals surface area (Å²) >= 11 is 0. The first kappa shape index (κ1) is 16.6. The van der Waals surface area contributed by atoms with Crippen LogP contribution in [0.25, 0.3) is 6.08 Å². The van der Waals surface area contributed by atoms with E-state index in [1.165, 1.54) is 17.9 Å². The van der Waals surface area contributed by atoms with Crippen LogP contribution >= 0.6 is 0 Å². The van der Waals surface area contributed by atoms with Crippen molar-refractivity contribution in [1.29, 1.82) is 0 Å². The zero-order valence-corrected chi connectivity index (χ0v) is 14.0. The van der Waals surface area contributed by atoms with Gasteiger partial charge in [-0.05, 0) is 48.0 Å². The molecule has 0 unspecified atom stereocenters. The number of benzene rings is 2. The average molecular weight is 338 g/mol. The number of hydrogen-bond acceptors (Lipinski definition) is 4. The summed E-state index contributed by atoms with van der Waals surface area (Å²) in [6.07, 6.45) is 3.16. The standard InChI is InChI=1S/C19H18N2O4/c1-13(22)21(2)16-7-5-15(6-8-16)20-19(23)10-4-14-3-9-17-18(11-14)25-12-24-17/h3-11H,12H2,1-2H3,(H,20,23).